The van der Waals surface area contributed by atoms with Gasteiger partial charge in [-0.2, -0.15) is 0 Å². The average molecular weight is 250 g/mol. The number of methoxy groups -OCH3 is 1. The Morgan fingerprint density at radius 2 is 2.06 bits per heavy atom. The van der Waals surface area contributed by atoms with E-state index in [0.717, 1.165) is 30.5 Å². The fraction of sp³-hybridized carbons (Fsp3) is 0.500. The lowest BCUT2D eigenvalue weighted by molar-refractivity contribution is 0.185. The van der Waals surface area contributed by atoms with Gasteiger partial charge >= 0.3 is 6.03 Å². The summed E-state index contributed by atoms with van der Waals surface area (Å²) < 4.78 is 5.09. The molecule has 2 amide bonds. The molecule has 0 unspecified atom stereocenters. The van der Waals surface area contributed by atoms with Crippen molar-refractivity contribution in [2.45, 2.75) is 32.8 Å². The Morgan fingerprint density at radius 3 is 2.78 bits per heavy atom. The SMILES string of the molecule is CCCCCNC(=O)Nc1ccccc1COC. The molecule has 0 fully saturated rings. The van der Waals surface area contributed by atoms with Gasteiger partial charge in [-0.3, -0.25) is 0 Å². The molecule has 1 rings (SSSR count). The summed E-state index contributed by atoms with van der Waals surface area (Å²) in [5, 5.41) is 5.69. The summed E-state index contributed by atoms with van der Waals surface area (Å²) in [6, 6.07) is 7.48. The number of unbranched alkanes of at least 4 members (excludes halogenated alkanes) is 2. The van der Waals surface area contributed by atoms with Crippen LogP contribution >= 0.6 is 0 Å². The molecule has 0 bridgehead atoms. The molecular weight excluding hydrogens is 228 g/mol. The van der Waals surface area contributed by atoms with Crippen LogP contribution in [0.1, 0.15) is 31.7 Å². The van der Waals surface area contributed by atoms with Crippen LogP contribution in [0.3, 0.4) is 0 Å². The number of carbonyl (C=O) groups is 1. The van der Waals surface area contributed by atoms with E-state index in [1.807, 2.05) is 24.3 Å². The van der Waals surface area contributed by atoms with Crippen LogP contribution in [0.25, 0.3) is 0 Å². The smallest absolute Gasteiger partial charge is 0.319 e. The third-order valence-electron chi connectivity index (χ3n) is 2.63. The van der Waals surface area contributed by atoms with Crippen molar-refractivity contribution < 1.29 is 9.53 Å². The molecule has 0 saturated carbocycles. The number of rotatable bonds is 7. The Kier molecular flexibility index (Phi) is 6.87. The first-order valence-electron chi connectivity index (χ1n) is 6.39. The van der Waals surface area contributed by atoms with Gasteiger partial charge < -0.3 is 15.4 Å². The summed E-state index contributed by atoms with van der Waals surface area (Å²) in [7, 11) is 1.64. The average Bonchev–Trinajstić information content (AvgIpc) is 2.37. The standard InChI is InChI=1S/C14H22N2O2/c1-3-4-7-10-15-14(17)16-13-9-6-5-8-12(13)11-18-2/h5-6,8-9H,3-4,7,10-11H2,1-2H3,(H2,15,16,17). The second-order valence-corrected chi connectivity index (χ2v) is 4.18. The van der Waals surface area contributed by atoms with E-state index in [9.17, 15) is 4.79 Å². The molecule has 0 heterocycles. The Hall–Kier alpha value is -1.55. The van der Waals surface area contributed by atoms with Crippen molar-refractivity contribution in [2.24, 2.45) is 0 Å². The normalized spacial score (nSPS) is 10.1. The van der Waals surface area contributed by atoms with Crippen molar-refractivity contribution in [3.05, 3.63) is 29.8 Å². The summed E-state index contributed by atoms with van der Waals surface area (Å²) in [5.74, 6) is 0. The van der Waals surface area contributed by atoms with Crippen LogP contribution in [0, 0.1) is 0 Å². The van der Waals surface area contributed by atoms with E-state index >= 15 is 0 Å². The molecule has 2 N–H and O–H groups in total. The first-order chi connectivity index (χ1) is 8.77. The van der Waals surface area contributed by atoms with Crippen LogP contribution in [0.15, 0.2) is 24.3 Å². The molecule has 100 valence electrons. The van der Waals surface area contributed by atoms with Crippen LogP contribution in [-0.2, 0) is 11.3 Å². The van der Waals surface area contributed by atoms with Crippen molar-refractivity contribution in [3.63, 3.8) is 0 Å². The van der Waals surface area contributed by atoms with Gasteiger partial charge in [0, 0.05) is 24.9 Å². The third-order valence-corrected chi connectivity index (χ3v) is 2.63. The molecule has 0 aliphatic heterocycles. The number of para-hydroxylation sites is 1. The second kappa shape index (κ2) is 8.53. The molecule has 0 spiro atoms. The third kappa shape index (κ3) is 5.19. The van der Waals surface area contributed by atoms with Gasteiger partial charge in [0.2, 0.25) is 0 Å². The zero-order valence-corrected chi connectivity index (χ0v) is 11.2. The zero-order chi connectivity index (χ0) is 13.2. The highest BCUT2D eigenvalue weighted by Crippen LogP contribution is 2.15. The Bertz CT molecular complexity index is 367. The van der Waals surface area contributed by atoms with E-state index in [1.165, 1.54) is 0 Å². The lowest BCUT2D eigenvalue weighted by atomic mass is 10.2. The number of hydrogen-bond donors (Lipinski definition) is 2. The van der Waals surface area contributed by atoms with Crippen LogP contribution in [0.5, 0.6) is 0 Å². The molecule has 4 nitrogen and oxygen atoms in total. The highest BCUT2D eigenvalue weighted by Gasteiger charge is 2.05. The van der Waals surface area contributed by atoms with Gasteiger partial charge in [-0.25, -0.2) is 4.79 Å². The lowest BCUT2D eigenvalue weighted by Gasteiger charge is -2.11. The van der Waals surface area contributed by atoms with Crippen LogP contribution in [-0.4, -0.2) is 19.7 Å². The quantitative estimate of drug-likeness (QED) is 0.730. The summed E-state index contributed by atoms with van der Waals surface area (Å²) in [6.07, 6.45) is 3.31. The number of amides is 2. The van der Waals surface area contributed by atoms with Crippen molar-refractivity contribution in [3.8, 4) is 0 Å². The zero-order valence-electron chi connectivity index (χ0n) is 11.2. The summed E-state index contributed by atoms with van der Waals surface area (Å²) in [5.41, 5.74) is 1.77. The molecule has 0 saturated heterocycles. The minimum Gasteiger partial charge on any atom is -0.380 e. The molecule has 18 heavy (non-hydrogen) atoms. The maximum absolute atomic E-state index is 11.7. The van der Waals surface area contributed by atoms with E-state index in [0.29, 0.717) is 13.2 Å². The predicted octanol–water partition coefficient (Wildman–Crippen LogP) is 3.14. The van der Waals surface area contributed by atoms with Gasteiger partial charge in [0.1, 0.15) is 0 Å². The van der Waals surface area contributed by atoms with Crippen molar-refractivity contribution in [2.75, 3.05) is 19.0 Å². The van der Waals surface area contributed by atoms with E-state index in [2.05, 4.69) is 17.6 Å². The summed E-state index contributed by atoms with van der Waals surface area (Å²) in [4.78, 5) is 11.7. The first-order valence-corrected chi connectivity index (χ1v) is 6.39. The molecule has 1 aromatic carbocycles. The first kappa shape index (κ1) is 14.5. The number of anilines is 1. The molecule has 0 radical (unpaired) electrons. The summed E-state index contributed by atoms with van der Waals surface area (Å²) >= 11 is 0. The number of nitrogens with one attached hydrogen (secondary N) is 2. The van der Waals surface area contributed by atoms with Gasteiger partial charge in [-0.05, 0) is 12.5 Å². The monoisotopic (exact) mass is 250 g/mol. The Morgan fingerprint density at radius 1 is 1.28 bits per heavy atom. The van der Waals surface area contributed by atoms with Crippen LogP contribution < -0.4 is 10.6 Å². The van der Waals surface area contributed by atoms with E-state index in [-0.39, 0.29) is 6.03 Å². The van der Waals surface area contributed by atoms with Gasteiger partial charge in [-0.1, -0.05) is 38.0 Å². The molecule has 0 aliphatic carbocycles. The molecule has 4 heteroatoms. The van der Waals surface area contributed by atoms with Crippen molar-refractivity contribution >= 4 is 11.7 Å². The lowest BCUT2D eigenvalue weighted by Crippen LogP contribution is -2.29. The van der Waals surface area contributed by atoms with E-state index < -0.39 is 0 Å². The van der Waals surface area contributed by atoms with Gasteiger partial charge in [-0.15, -0.1) is 0 Å². The predicted molar refractivity (Wildman–Crippen MR) is 73.7 cm³/mol. The number of hydrogen-bond acceptors (Lipinski definition) is 2. The number of urea groups is 1. The fourth-order valence-corrected chi connectivity index (χ4v) is 1.67. The van der Waals surface area contributed by atoms with Crippen molar-refractivity contribution in [1.82, 2.24) is 5.32 Å². The largest absolute Gasteiger partial charge is 0.380 e. The minimum absolute atomic E-state index is 0.158. The maximum atomic E-state index is 11.7. The van der Waals surface area contributed by atoms with Gasteiger partial charge in [0.25, 0.3) is 0 Å². The molecule has 1 aromatic rings. The highest BCUT2D eigenvalue weighted by molar-refractivity contribution is 5.90. The van der Waals surface area contributed by atoms with Crippen molar-refractivity contribution in [1.29, 1.82) is 0 Å². The Balaban J connectivity index is 2.43. The van der Waals surface area contributed by atoms with Crippen LogP contribution in [0.2, 0.25) is 0 Å². The minimum atomic E-state index is -0.158. The molecule has 0 aliphatic rings. The van der Waals surface area contributed by atoms with Gasteiger partial charge in [0.05, 0.1) is 6.61 Å². The van der Waals surface area contributed by atoms with Gasteiger partial charge in [0.15, 0.2) is 0 Å². The molecular formula is C14H22N2O2. The van der Waals surface area contributed by atoms with E-state index in [1.54, 1.807) is 7.11 Å². The van der Waals surface area contributed by atoms with E-state index in [4.69, 9.17) is 4.74 Å². The fourth-order valence-electron chi connectivity index (χ4n) is 1.67. The number of carbonyl (C=O) groups excluding carboxylic acids is 1. The maximum Gasteiger partial charge on any atom is 0.319 e. The summed E-state index contributed by atoms with van der Waals surface area (Å²) in [6.45, 7) is 3.35. The number of benzene rings is 1. The molecule has 0 aromatic heterocycles. The molecule has 0 atom stereocenters. The van der Waals surface area contributed by atoms with Crippen LogP contribution in [0.4, 0.5) is 10.5 Å². The second-order valence-electron chi connectivity index (χ2n) is 4.18. The highest BCUT2D eigenvalue weighted by atomic mass is 16.5. The number of ether oxygens (including phenoxy) is 1. The Labute approximate surface area is 109 Å². The topological polar surface area (TPSA) is 50.4 Å².